The molecule has 106 valence electrons. The topological polar surface area (TPSA) is 85.8 Å². The van der Waals surface area contributed by atoms with Crippen LogP contribution in [-0.4, -0.2) is 27.2 Å². The van der Waals surface area contributed by atoms with Gasteiger partial charge < -0.3 is 11.1 Å². The second-order valence-corrected chi connectivity index (χ2v) is 4.90. The number of nitrogens with one attached hydrogen (secondary N) is 1. The summed E-state index contributed by atoms with van der Waals surface area (Å²) < 4.78 is 1.61. The van der Waals surface area contributed by atoms with Crippen molar-refractivity contribution < 1.29 is 4.79 Å². The van der Waals surface area contributed by atoms with E-state index in [0.29, 0.717) is 18.1 Å². The molecule has 0 aliphatic heterocycles. The van der Waals surface area contributed by atoms with Crippen molar-refractivity contribution in [1.29, 1.82) is 0 Å². The van der Waals surface area contributed by atoms with Gasteiger partial charge in [-0.15, -0.1) is 0 Å². The number of amides is 1. The normalized spacial score (nSPS) is 12.4. The molecule has 1 atom stereocenters. The van der Waals surface area contributed by atoms with E-state index in [1.807, 2.05) is 13.8 Å². The first-order valence-electron chi connectivity index (χ1n) is 6.59. The lowest BCUT2D eigenvalue weighted by Gasteiger charge is -2.19. The van der Waals surface area contributed by atoms with Gasteiger partial charge in [0.1, 0.15) is 0 Å². The second-order valence-electron chi connectivity index (χ2n) is 4.90. The van der Waals surface area contributed by atoms with Crippen molar-refractivity contribution >= 4 is 11.6 Å². The van der Waals surface area contributed by atoms with Crippen LogP contribution >= 0.6 is 0 Å². The van der Waals surface area contributed by atoms with Gasteiger partial charge in [0, 0.05) is 25.1 Å². The smallest absolute Gasteiger partial charge is 0.229 e. The lowest BCUT2D eigenvalue weighted by Crippen LogP contribution is -2.33. The van der Waals surface area contributed by atoms with Gasteiger partial charge in [-0.05, 0) is 24.1 Å². The highest BCUT2D eigenvalue weighted by Crippen LogP contribution is 2.19. The Bertz CT molecular complexity index is 565. The summed E-state index contributed by atoms with van der Waals surface area (Å²) >= 11 is 0. The summed E-state index contributed by atoms with van der Waals surface area (Å²) in [4.78, 5) is 16.5. The Kier molecular flexibility index (Phi) is 4.47. The van der Waals surface area contributed by atoms with Gasteiger partial charge in [0.05, 0.1) is 11.6 Å². The van der Waals surface area contributed by atoms with Gasteiger partial charge in [-0.2, -0.15) is 5.10 Å². The van der Waals surface area contributed by atoms with E-state index in [4.69, 9.17) is 5.73 Å². The highest BCUT2D eigenvalue weighted by molar-refractivity contribution is 5.94. The second kappa shape index (κ2) is 6.29. The lowest BCUT2D eigenvalue weighted by atomic mass is 9.95. The number of hydrogen-bond acceptors (Lipinski definition) is 4. The van der Waals surface area contributed by atoms with E-state index >= 15 is 0 Å². The minimum atomic E-state index is -0.222. The van der Waals surface area contributed by atoms with Crippen molar-refractivity contribution in [3.05, 3.63) is 36.8 Å². The molecule has 20 heavy (non-hydrogen) atoms. The van der Waals surface area contributed by atoms with Crippen LogP contribution in [0.25, 0.3) is 5.82 Å². The zero-order valence-electron chi connectivity index (χ0n) is 11.7. The molecule has 0 radical (unpaired) electrons. The molecule has 2 heterocycles. The first-order chi connectivity index (χ1) is 9.63. The Morgan fingerprint density at radius 1 is 1.40 bits per heavy atom. The van der Waals surface area contributed by atoms with E-state index in [1.54, 1.807) is 41.5 Å². The number of nitrogens with zero attached hydrogens (tertiary/aromatic N) is 3. The monoisotopic (exact) mass is 273 g/mol. The number of carbonyl (C=O) groups is 1. The molecule has 0 aliphatic rings. The summed E-state index contributed by atoms with van der Waals surface area (Å²) in [7, 11) is 0. The molecule has 2 aromatic heterocycles. The first-order valence-corrected chi connectivity index (χ1v) is 6.59. The zero-order chi connectivity index (χ0) is 14.5. The van der Waals surface area contributed by atoms with Crippen molar-refractivity contribution in [3.63, 3.8) is 0 Å². The van der Waals surface area contributed by atoms with Gasteiger partial charge in [-0.3, -0.25) is 4.79 Å². The average Bonchev–Trinajstić information content (AvgIpc) is 2.93. The molecule has 0 saturated carbocycles. The molecule has 3 N–H and O–H groups in total. The number of hydrogen-bond donors (Lipinski definition) is 2. The van der Waals surface area contributed by atoms with E-state index in [-0.39, 0.29) is 17.7 Å². The third-order valence-corrected chi connectivity index (χ3v) is 3.16. The molecule has 0 bridgehead atoms. The predicted molar refractivity (Wildman–Crippen MR) is 77.4 cm³/mol. The first kappa shape index (κ1) is 14.2. The van der Waals surface area contributed by atoms with Crippen LogP contribution in [0.4, 0.5) is 5.69 Å². The van der Waals surface area contributed by atoms with Gasteiger partial charge in [0.25, 0.3) is 0 Å². The molecule has 1 amide bonds. The van der Waals surface area contributed by atoms with E-state index in [1.165, 1.54) is 0 Å². The highest BCUT2D eigenvalue weighted by atomic mass is 16.1. The minimum Gasteiger partial charge on any atom is -0.330 e. The van der Waals surface area contributed by atoms with E-state index in [0.717, 1.165) is 0 Å². The van der Waals surface area contributed by atoms with Crippen LogP contribution in [0.2, 0.25) is 0 Å². The van der Waals surface area contributed by atoms with Gasteiger partial charge in [-0.25, -0.2) is 9.67 Å². The Morgan fingerprint density at radius 3 is 2.80 bits per heavy atom. The van der Waals surface area contributed by atoms with Crippen LogP contribution in [0.3, 0.4) is 0 Å². The van der Waals surface area contributed by atoms with Crippen LogP contribution in [0.1, 0.15) is 13.8 Å². The average molecular weight is 273 g/mol. The quantitative estimate of drug-likeness (QED) is 0.863. The van der Waals surface area contributed by atoms with Gasteiger partial charge in [0.15, 0.2) is 5.82 Å². The maximum absolute atomic E-state index is 12.3. The van der Waals surface area contributed by atoms with Gasteiger partial charge >= 0.3 is 0 Å². The van der Waals surface area contributed by atoms with E-state index < -0.39 is 0 Å². The van der Waals surface area contributed by atoms with Crippen LogP contribution < -0.4 is 11.1 Å². The summed E-state index contributed by atoms with van der Waals surface area (Å²) in [6.45, 7) is 4.28. The number of nitrogens with two attached hydrogens (primary N) is 1. The van der Waals surface area contributed by atoms with Crippen molar-refractivity contribution in [2.75, 3.05) is 11.9 Å². The largest absolute Gasteiger partial charge is 0.330 e. The Hall–Kier alpha value is -2.21. The zero-order valence-corrected chi connectivity index (χ0v) is 11.7. The van der Waals surface area contributed by atoms with Crippen molar-refractivity contribution in [3.8, 4) is 5.82 Å². The van der Waals surface area contributed by atoms with Crippen molar-refractivity contribution in [1.82, 2.24) is 14.8 Å². The SMILES string of the molecule is CC(C)C(CN)C(=O)Nc1cccnc1-n1cccn1. The number of anilines is 1. The maximum atomic E-state index is 12.3. The minimum absolute atomic E-state index is 0.0936. The molecule has 0 fully saturated rings. The molecular formula is C14H19N5O. The summed E-state index contributed by atoms with van der Waals surface area (Å²) in [5.74, 6) is 0.458. The fraction of sp³-hybridized carbons (Fsp3) is 0.357. The molecule has 0 aromatic carbocycles. The molecule has 6 nitrogen and oxygen atoms in total. The van der Waals surface area contributed by atoms with Crippen molar-refractivity contribution in [2.45, 2.75) is 13.8 Å². The van der Waals surface area contributed by atoms with Crippen LogP contribution in [0.5, 0.6) is 0 Å². The number of rotatable bonds is 5. The summed E-state index contributed by atoms with van der Waals surface area (Å²) in [5, 5.41) is 7.02. The molecule has 0 saturated heterocycles. The Balaban J connectivity index is 2.24. The Labute approximate surface area is 118 Å². The van der Waals surface area contributed by atoms with Crippen LogP contribution in [0.15, 0.2) is 36.8 Å². The van der Waals surface area contributed by atoms with E-state index in [2.05, 4.69) is 15.4 Å². The van der Waals surface area contributed by atoms with Gasteiger partial charge in [-0.1, -0.05) is 13.8 Å². The molecule has 2 rings (SSSR count). The molecular weight excluding hydrogens is 254 g/mol. The number of aromatic nitrogens is 3. The molecule has 0 aliphatic carbocycles. The fourth-order valence-corrected chi connectivity index (χ4v) is 1.98. The van der Waals surface area contributed by atoms with Crippen LogP contribution in [-0.2, 0) is 4.79 Å². The van der Waals surface area contributed by atoms with Crippen LogP contribution in [0, 0.1) is 11.8 Å². The number of pyridine rings is 1. The third kappa shape index (κ3) is 3.03. The van der Waals surface area contributed by atoms with Crippen molar-refractivity contribution in [2.24, 2.45) is 17.6 Å². The third-order valence-electron chi connectivity index (χ3n) is 3.16. The highest BCUT2D eigenvalue weighted by Gasteiger charge is 2.21. The molecule has 6 heteroatoms. The maximum Gasteiger partial charge on any atom is 0.229 e. The standard InChI is InChI=1S/C14H19N5O/c1-10(2)11(9-15)14(20)18-12-5-3-6-16-13(12)19-8-4-7-17-19/h3-8,10-11H,9,15H2,1-2H3,(H,18,20). The predicted octanol–water partition coefficient (Wildman–Crippen LogP) is 1.44. The van der Waals surface area contributed by atoms with Gasteiger partial charge in [0.2, 0.25) is 5.91 Å². The lowest BCUT2D eigenvalue weighted by molar-refractivity contribution is -0.120. The number of carbonyl (C=O) groups excluding carboxylic acids is 1. The summed E-state index contributed by atoms with van der Waals surface area (Å²) in [5.41, 5.74) is 6.29. The summed E-state index contributed by atoms with van der Waals surface area (Å²) in [6.07, 6.45) is 5.10. The summed E-state index contributed by atoms with van der Waals surface area (Å²) in [6, 6.07) is 5.38. The fourth-order valence-electron chi connectivity index (χ4n) is 1.98. The Morgan fingerprint density at radius 2 is 2.20 bits per heavy atom. The molecule has 1 unspecified atom stereocenters. The molecule has 0 spiro atoms. The molecule has 2 aromatic rings. The van der Waals surface area contributed by atoms with E-state index in [9.17, 15) is 4.79 Å².